The highest BCUT2D eigenvalue weighted by atomic mass is 32.2. The lowest BCUT2D eigenvalue weighted by Gasteiger charge is -2.17. The molecular formula is C22H34N6S2. The molecule has 0 aliphatic heterocycles. The zero-order valence-electron chi connectivity index (χ0n) is 18.3. The Bertz CT molecular complexity index is 786. The maximum Gasteiger partial charge on any atom is 0.191 e. The highest BCUT2D eigenvalue weighted by Crippen LogP contribution is 2.33. The van der Waals surface area contributed by atoms with Gasteiger partial charge in [0.2, 0.25) is 0 Å². The molecule has 1 atom stereocenters. The largest absolute Gasteiger partial charge is 0.356 e. The van der Waals surface area contributed by atoms with Gasteiger partial charge in [0.15, 0.2) is 11.1 Å². The van der Waals surface area contributed by atoms with Crippen LogP contribution < -0.4 is 10.6 Å². The van der Waals surface area contributed by atoms with E-state index in [2.05, 4.69) is 73.9 Å². The lowest BCUT2D eigenvalue weighted by Crippen LogP contribution is -2.40. The third-order valence-corrected chi connectivity index (χ3v) is 7.10. The smallest absolute Gasteiger partial charge is 0.191 e. The standard InChI is InChI=1S/C22H34N6S2/c1-17(30-19-12-5-4-6-13-19)16-25-21(23-2)24-15-9-14-20-26-27-22(29-3)28(20)18-10-7-8-11-18/h4-6,12-13,17-18H,7-11,14-16H2,1-3H3,(H2,23,24,25). The van der Waals surface area contributed by atoms with Gasteiger partial charge in [0.05, 0.1) is 0 Å². The molecule has 2 aromatic rings. The van der Waals surface area contributed by atoms with E-state index in [0.29, 0.717) is 11.3 Å². The molecule has 8 heteroatoms. The summed E-state index contributed by atoms with van der Waals surface area (Å²) in [5, 5.41) is 17.3. The highest BCUT2D eigenvalue weighted by Gasteiger charge is 2.23. The van der Waals surface area contributed by atoms with Gasteiger partial charge in [0, 0.05) is 42.7 Å². The lowest BCUT2D eigenvalue weighted by molar-refractivity contribution is 0.460. The number of guanidine groups is 1. The predicted octanol–water partition coefficient (Wildman–Crippen LogP) is 4.39. The molecule has 164 valence electrons. The third kappa shape index (κ3) is 6.67. The Labute approximate surface area is 189 Å². The minimum Gasteiger partial charge on any atom is -0.356 e. The number of hydrogen-bond acceptors (Lipinski definition) is 5. The van der Waals surface area contributed by atoms with Crippen LogP contribution in [0.1, 0.15) is 50.9 Å². The van der Waals surface area contributed by atoms with E-state index < -0.39 is 0 Å². The van der Waals surface area contributed by atoms with Gasteiger partial charge in [-0.05, 0) is 37.7 Å². The van der Waals surface area contributed by atoms with Crippen molar-refractivity contribution >= 4 is 29.5 Å². The molecule has 1 aliphatic carbocycles. The molecule has 1 heterocycles. The quantitative estimate of drug-likeness (QED) is 0.244. The average molecular weight is 447 g/mol. The Hall–Kier alpha value is -1.67. The van der Waals surface area contributed by atoms with Crippen molar-refractivity contribution in [3.8, 4) is 0 Å². The van der Waals surface area contributed by atoms with Crippen LogP contribution in [0, 0.1) is 0 Å². The van der Waals surface area contributed by atoms with Crippen LogP contribution in [-0.2, 0) is 6.42 Å². The van der Waals surface area contributed by atoms with E-state index in [-0.39, 0.29) is 0 Å². The Morgan fingerprint density at radius 2 is 1.97 bits per heavy atom. The molecule has 30 heavy (non-hydrogen) atoms. The van der Waals surface area contributed by atoms with Gasteiger partial charge in [-0.2, -0.15) is 0 Å². The number of hydrogen-bond donors (Lipinski definition) is 2. The van der Waals surface area contributed by atoms with Crippen molar-refractivity contribution in [3.05, 3.63) is 36.2 Å². The van der Waals surface area contributed by atoms with Crippen molar-refractivity contribution < 1.29 is 0 Å². The fourth-order valence-electron chi connectivity index (χ4n) is 3.83. The summed E-state index contributed by atoms with van der Waals surface area (Å²) >= 11 is 3.58. The van der Waals surface area contributed by atoms with E-state index in [0.717, 1.165) is 42.9 Å². The number of aryl methyl sites for hydroxylation is 1. The minimum absolute atomic E-state index is 0.459. The Kier molecular flexibility index (Phi) is 9.39. The summed E-state index contributed by atoms with van der Waals surface area (Å²) in [4.78, 5) is 5.66. The average Bonchev–Trinajstić information content (AvgIpc) is 3.43. The Balaban J connectivity index is 1.40. The van der Waals surface area contributed by atoms with E-state index in [1.165, 1.54) is 30.6 Å². The molecule has 1 saturated carbocycles. The SMILES string of the molecule is CN=C(NCCCc1nnc(SC)n1C1CCCC1)NCC(C)Sc1ccccc1. The van der Waals surface area contributed by atoms with Gasteiger partial charge in [-0.3, -0.25) is 4.99 Å². The molecule has 1 aromatic heterocycles. The van der Waals surface area contributed by atoms with Crippen molar-refractivity contribution in [1.82, 2.24) is 25.4 Å². The first-order valence-electron chi connectivity index (χ1n) is 10.8. The first-order valence-corrected chi connectivity index (χ1v) is 13.0. The van der Waals surface area contributed by atoms with Crippen molar-refractivity contribution in [1.29, 1.82) is 0 Å². The molecule has 0 amide bonds. The molecule has 1 unspecified atom stereocenters. The summed E-state index contributed by atoms with van der Waals surface area (Å²) < 4.78 is 2.40. The molecular weight excluding hydrogens is 412 g/mol. The molecule has 0 bridgehead atoms. The van der Waals surface area contributed by atoms with Gasteiger partial charge in [0.25, 0.3) is 0 Å². The van der Waals surface area contributed by atoms with Crippen LogP contribution in [0.2, 0.25) is 0 Å². The van der Waals surface area contributed by atoms with Crippen molar-refractivity contribution in [2.45, 2.75) is 66.8 Å². The number of nitrogens with one attached hydrogen (secondary N) is 2. The van der Waals surface area contributed by atoms with Crippen LogP contribution in [0.4, 0.5) is 0 Å². The van der Waals surface area contributed by atoms with Crippen molar-refractivity contribution in [2.24, 2.45) is 4.99 Å². The van der Waals surface area contributed by atoms with E-state index in [9.17, 15) is 0 Å². The first kappa shape index (κ1) is 23.0. The van der Waals surface area contributed by atoms with Crippen molar-refractivity contribution in [2.75, 3.05) is 26.4 Å². The van der Waals surface area contributed by atoms with Crippen LogP contribution in [0.15, 0.2) is 45.4 Å². The van der Waals surface area contributed by atoms with Gasteiger partial charge in [0.1, 0.15) is 5.82 Å². The molecule has 1 aliphatic rings. The second-order valence-electron chi connectivity index (χ2n) is 7.64. The van der Waals surface area contributed by atoms with Crippen LogP contribution in [-0.4, -0.2) is 52.4 Å². The van der Waals surface area contributed by atoms with Crippen LogP contribution >= 0.6 is 23.5 Å². The fourth-order valence-corrected chi connectivity index (χ4v) is 5.35. The summed E-state index contributed by atoms with van der Waals surface area (Å²) in [6, 6.07) is 11.1. The number of nitrogens with zero attached hydrogens (tertiary/aromatic N) is 4. The number of aromatic nitrogens is 3. The number of rotatable bonds is 10. The third-order valence-electron chi connectivity index (χ3n) is 5.34. The summed E-state index contributed by atoms with van der Waals surface area (Å²) in [5.41, 5.74) is 0. The van der Waals surface area contributed by atoms with Gasteiger partial charge in [-0.1, -0.05) is 49.7 Å². The van der Waals surface area contributed by atoms with E-state index in [1.54, 1.807) is 11.8 Å². The summed E-state index contributed by atoms with van der Waals surface area (Å²) in [7, 11) is 1.83. The second-order valence-corrected chi connectivity index (χ2v) is 9.92. The van der Waals surface area contributed by atoms with Crippen LogP contribution in [0.3, 0.4) is 0 Å². The van der Waals surface area contributed by atoms with Crippen LogP contribution in [0.5, 0.6) is 0 Å². The molecule has 2 N–H and O–H groups in total. The monoisotopic (exact) mass is 446 g/mol. The Morgan fingerprint density at radius 1 is 1.20 bits per heavy atom. The Morgan fingerprint density at radius 3 is 2.67 bits per heavy atom. The normalized spacial score (nSPS) is 16.0. The lowest BCUT2D eigenvalue weighted by atomic mass is 10.2. The molecule has 1 aromatic carbocycles. The molecule has 1 fully saturated rings. The molecule has 6 nitrogen and oxygen atoms in total. The molecule has 0 spiro atoms. The van der Waals surface area contributed by atoms with E-state index >= 15 is 0 Å². The van der Waals surface area contributed by atoms with Crippen molar-refractivity contribution in [3.63, 3.8) is 0 Å². The second kappa shape index (κ2) is 12.2. The van der Waals surface area contributed by atoms with E-state index in [4.69, 9.17) is 0 Å². The minimum atomic E-state index is 0.459. The fraction of sp³-hybridized carbons (Fsp3) is 0.591. The summed E-state index contributed by atoms with van der Waals surface area (Å²) in [6.07, 6.45) is 9.19. The highest BCUT2D eigenvalue weighted by molar-refractivity contribution is 8.00. The van der Waals surface area contributed by atoms with Gasteiger partial charge >= 0.3 is 0 Å². The summed E-state index contributed by atoms with van der Waals surface area (Å²) in [5.74, 6) is 1.99. The molecule has 0 radical (unpaired) electrons. The molecule has 0 saturated heterocycles. The topological polar surface area (TPSA) is 67.1 Å². The first-order chi connectivity index (χ1) is 14.7. The maximum atomic E-state index is 4.48. The zero-order chi connectivity index (χ0) is 21.2. The van der Waals surface area contributed by atoms with Gasteiger partial charge in [-0.15, -0.1) is 22.0 Å². The number of thioether (sulfide) groups is 2. The number of benzene rings is 1. The zero-order valence-corrected chi connectivity index (χ0v) is 19.9. The maximum absolute atomic E-state index is 4.48. The van der Waals surface area contributed by atoms with Gasteiger partial charge < -0.3 is 15.2 Å². The van der Waals surface area contributed by atoms with Gasteiger partial charge in [-0.25, -0.2) is 0 Å². The predicted molar refractivity (Wildman–Crippen MR) is 129 cm³/mol. The number of aliphatic imine (C=N–C) groups is 1. The summed E-state index contributed by atoms with van der Waals surface area (Å²) in [6.45, 7) is 3.97. The molecule has 3 rings (SSSR count). The van der Waals surface area contributed by atoms with Crippen LogP contribution in [0.25, 0.3) is 0 Å². The van der Waals surface area contributed by atoms with E-state index in [1.807, 2.05) is 18.8 Å².